The highest BCUT2D eigenvalue weighted by atomic mass is 16.1. The molecule has 6 heteroatoms. The summed E-state index contributed by atoms with van der Waals surface area (Å²) in [5.41, 5.74) is 5.63. The zero-order valence-electron chi connectivity index (χ0n) is 10.7. The summed E-state index contributed by atoms with van der Waals surface area (Å²) in [7, 11) is 1.74. The third-order valence-electron chi connectivity index (χ3n) is 2.81. The van der Waals surface area contributed by atoms with Crippen LogP contribution in [0, 0.1) is 5.41 Å². The third-order valence-corrected chi connectivity index (χ3v) is 2.81. The maximum atomic E-state index is 11.7. The van der Waals surface area contributed by atoms with Crippen molar-refractivity contribution in [2.24, 2.45) is 18.2 Å². The number of carbonyl (C=O) groups excluding carboxylic acids is 1. The molecule has 0 radical (unpaired) electrons. The van der Waals surface area contributed by atoms with Crippen molar-refractivity contribution in [1.82, 2.24) is 14.8 Å². The van der Waals surface area contributed by atoms with E-state index < -0.39 is 0 Å². The Morgan fingerprint density at radius 1 is 1.53 bits per heavy atom. The van der Waals surface area contributed by atoms with Crippen LogP contribution in [0.3, 0.4) is 0 Å². The Balaban J connectivity index is 2.38. The standard InChI is InChI=1S/C11H21N5O/c1-11(2,6-7-12)5-4-9(17)15-10-13-8-14-16(10)3/h8H,4-7,12H2,1-3H3,(H,13,14,15,17). The molecule has 1 aromatic rings. The largest absolute Gasteiger partial charge is 0.330 e. The molecule has 1 amide bonds. The van der Waals surface area contributed by atoms with Gasteiger partial charge in [0.2, 0.25) is 11.9 Å². The van der Waals surface area contributed by atoms with E-state index in [1.165, 1.54) is 11.0 Å². The molecule has 0 aromatic carbocycles. The number of anilines is 1. The van der Waals surface area contributed by atoms with Crippen LogP contribution >= 0.6 is 0 Å². The summed E-state index contributed by atoms with van der Waals surface area (Å²) in [6.07, 6.45) is 3.62. The van der Waals surface area contributed by atoms with Crippen LogP contribution in [0.25, 0.3) is 0 Å². The number of rotatable bonds is 6. The van der Waals surface area contributed by atoms with E-state index in [4.69, 9.17) is 5.73 Å². The highest BCUT2D eigenvalue weighted by Gasteiger charge is 2.18. The van der Waals surface area contributed by atoms with E-state index in [0.717, 1.165) is 12.8 Å². The van der Waals surface area contributed by atoms with Crippen LogP contribution in [0.5, 0.6) is 0 Å². The van der Waals surface area contributed by atoms with Crippen LogP contribution in [-0.4, -0.2) is 27.2 Å². The normalized spacial score (nSPS) is 11.5. The summed E-state index contributed by atoms with van der Waals surface area (Å²) >= 11 is 0. The fourth-order valence-corrected chi connectivity index (χ4v) is 1.56. The van der Waals surface area contributed by atoms with Gasteiger partial charge in [0.25, 0.3) is 0 Å². The Morgan fingerprint density at radius 2 is 2.24 bits per heavy atom. The lowest BCUT2D eigenvalue weighted by Gasteiger charge is -2.23. The van der Waals surface area contributed by atoms with E-state index >= 15 is 0 Å². The molecule has 0 atom stereocenters. The summed E-state index contributed by atoms with van der Waals surface area (Å²) in [4.78, 5) is 15.6. The van der Waals surface area contributed by atoms with Crippen LogP contribution in [0.1, 0.15) is 33.1 Å². The van der Waals surface area contributed by atoms with Gasteiger partial charge in [0.15, 0.2) is 0 Å². The van der Waals surface area contributed by atoms with Crippen molar-refractivity contribution in [3.63, 3.8) is 0 Å². The van der Waals surface area contributed by atoms with Crippen LogP contribution in [0.4, 0.5) is 5.95 Å². The molecule has 0 aliphatic rings. The number of aromatic nitrogens is 3. The molecular formula is C11H21N5O. The van der Waals surface area contributed by atoms with Gasteiger partial charge >= 0.3 is 0 Å². The van der Waals surface area contributed by atoms with Gasteiger partial charge in [-0.05, 0) is 24.8 Å². The number of nitrogens with one attached hydrogen (secondary N) is 1. The van der Waals surface area contributed by atoms with Crippen molar-refractivity contribution >= 4 is 11.9 Å². The molecule has 1 rings (SSSR count). The Labute approximate surface area is 102 Å². The minimum Gasteiger partial charge on any atom is -0.330 e. The maximum Gasteiger partial charge on any atom is 0.227 e. The van der Waals surface area contributed by atoms with Gasteiger partial charge < -0.3 is 5.73 Å². The first-order valence-corrected chi connectivity index (χ1v) is 5.78. The van der Waals surface area contributed by atoms with Crippen molar-refractivity contribution in [2.45, 2.75) is 33.1 Å². The zero-order valence-corrected chi connectivity index (χ0v) is 10.7. The van der Waals surface area contributed by atoms with Crippen molar-refractivity contribution in [2.75, 3.05) is 11.9 Å². The van der Waals surface area contributed by atoms with Crippen LogP contribution in [0.15, 0.2) is 6.33 Å². The lowest BCUT2D eigenvalue weighted by molar-refractivity contribution is -0.116. The average Bonchev–Trinajstić information content (AvgIpc) is 2.62. The van der Waals surface area contributed by atoms with Gasteiger partial charge in [0.1, 0.15) is 6.33 Å². The predicted molar refractivity (Wildman–Crippen MR) is 66.3 cm³/mol. The molecule has 17 heavy (non-hydrogen) atoms. The van der Waals surface area contributed by atoms with Crippen molar-refractivity contribution in [3.8, 4) is 0 Å². The Hall–Kier alpha value is -1.43. The molecule has 1 aromatic heterocycles. The lowest BCUT2D eigenvalue weighted by atomic mass is 9.84. The van der Waals surface area contributed by atoms with Gasteiger partial charge in [-0.15, -0.1) is 0 Å². The van der Waals surface area contributed by atoms with Crippen LogP contribution in [-0.2, 0) is 11.8 Å². The first kappa shape index (κ1) is 13.6. The number of hydrogen-bond acceptors (Lipinski definition) is 4. The van der Waals surface area contributed by atoms with Gasteiger partial charge in [-0.3, -0.25) is 10.1 Å². The second kappa shape index (κ2) is 5.77. The molecule has 0 fully saturated rings. The SMILES string of the molecule is Cn1ncnc1NC(=O)CCC(C)(C)CCN. The van der Waals surface area contributed by atoms with Crippen molar-refractivity contribution in [1.29, 1.82) is 0 Å². The smallest absolute Gasteiger partial charge is 0.227 e. The summed E-state index contributed by atoms with van der Waals surface area (Å²) in [5.74, 6) is 0.442. The van der Waals surface area contributed by atoms with E-state index in [2.05, 4.69) is 29.2 Å². The molecular weight excluding hydrogens is 218 g/mol. The number of nitrogens with zero attached hydrogens (tertiary/aromatic N) is 3. The zero-order chi connectivity index (χ0) is 12.9. The Kier molecular flexibility index (Phi) is 4.62. The molecule has 1 heterocycles. The summed E-state index contributed by atoms with van der Waals surface area (Å²) in [5, 5.41) is 6.61. The third kappa shape index (κ3) is 4.52. The quantitative estimate of drug-likeness (QED) is 0.772. The molecule has 0 saturated carbocycles. The molecule has 0 aliphatic heterocycles. The maximum absolute atomic E-state index is 11.7. The predicted octanol–water partition coefficient (Wildman–Crippen LogP) is 0.909. The Bertz CT molecular complexity index is 372. The molecule has 96 valence electrons. The first-order valence-electron chi connectivity index (χ1n) is 5.78. The molecule has 0 spiro atoms. The first-order chi connectivity index (χ1) is 7.94. The molecule has 0 saturated heterocycles. The highest BCUT2D eigenvalue weighted by Crippen LogP contribution is 2.25. The van der Waals surface area contributed by atoms with Crippen molar-refractivity contribution in [3.05, 3.63) is 6.33 Å². The number of aryl methyl sites for hydroxylation is 1. The van der Waals surface area contributed by atoms with Gasteiger partial charge in [-0.1, -0.05) is 13.8 Å². The minimum atomic E-state index is -0.0359. The van der Waals surface area contributed by atoms with E-state index in [1.54, 1.807) is 7.05 Å². The molecule has 6 nitrogen and oxygen atoms in total. The average molecular weight is 239 g/mol. The fraction of sp³-hybridized carbons (Fsp3) is 0.727. The summed E-state index contributed by atoms with van der Waals surface area (Å²) in [6.45, 7) is 4.89. The minimum absolute atomic E-state index is 0.0359. The molecule has 0 bridgehead atoms. The summed E-state index contributed by atoms with van der Waals surface area (Å²) < 4.78 is 1.53. The number of carbonyl (C=O) groups is 1. The second-order valence-corrected chi connectivity index (χ2v) is 4.96. The van der Waals surface area contributed by atoms with Gasteiger partial charge in [0, 0.05) is 13.5 Å². The van der Waals surface area contributed by atoms with Gasteiger partial charge in [-0.25, -0.2) is 4.68 Å². The van der Waals surface area contributed by atoms with E-state index in [9.17, 15) is 4.79 Å². The van der Waals surface area contributed by atoms with E-state index in [0.29, 0.717) is 18.9 Å². The molecule has 3 N–H and O–H groups in total. The number of amides is 1. The van der Waals surface area contributed by atoms with Gasteiger partial charge in [-0.2, -0.15) is 10.1 Å². The van der Waals surface area contributed by atoms with Crippen LogP contribution < -0.4 is 11.1 Å². The number of nitrogens with two attached hydrogens (primary N) is 1. The van der Waals surface area contributed by atoms with E-state index in [1.807, 2.05) is 0 Å². The van der Waals surface area contributed by atoms with Gasteiger partial charge in [0.05, 0.1) is 0 Å². The monoisotopic (exact) mass is 239 g/mol. The lowest BCUT2D eigenvalue weighted by Crippen LogP contribution is -2.21. The van der Waals surface area contributed by atoms with E-state index in [-0.39, 0.29) is 11.3 Å². The summed E-state index contributed by atoms with van der Waals surface area (Å²) in [6, 6.07) is 0. The molecule has 0 unspecified atom stereocenters. The number of hydrogen-bond donors (Lipinski definition) is 2. The van der Waals surface area contributed by atoms with Crippen LogP contribution in [0.2, 0.25) is 0 Å². The fourth-order valence-electron chi connectivity index (χ4n) is 1.56. The Morgan fingerprint density at radius 3 is 2.76 bits per heavy atom. The highest BCUT2D eigenvalue weighted by molar-refractivity contribution is 5.88. The topological polar surface area (TPSA) is 85.8 Å². The second-order valence-electron chi connectivity index (χ2n) is 4.96. The van der Waals surface area contributed by atoms with Crippen molar-refractivity contribution < 1.29 is 4.79 Å². The molecule has 0 aliphatic carbocycles.